The van der Waals surface area contributed by atoms with Gasteiger partial charge in [-0.2, -0.15) is 0 Å². The predicted octanol–water partition coefficient (Wildman–Crippen LogP) is 0.562. The van der Waals surface area contributed by atoms with Gasteiger partial charge in [0.2, 0.25) is 0 Å². The zero-order chi connectivity index (χ0) is 10.3. The number of methoxy groups -OCH3 is 2. The first-order valence-electron chi connectivity index (χ1n) is 4.48. The van der Waals surface area contributed by atoms with E-state index >= 15 is 0 Å². The van der Waals surface area contributed by atoms with E-state index in [0.29, 0.717) is 6.61 Å². The maximum absolute atomic E-state index is 11.2. The van der Waals surface area contributed by atoms with Crippen LogP contribution in [0.1, 0.15) is 20.3 Å². The maximum atomic E-state index is 11.2. The standard InChI is InChI=1S/C9H19NO3/c1-5-8(9(11)13-4)10-7(2)6-12-3/h7-8,10H,5-6H2,1-4H3. The number of carbonyl (C=O) groups is 1. The van der Waals surface area contributed by atoms with Crippen LogP contribution in [0.15, 0.2) is 0 Å². The molecule has 0 saturated carbocycles. The van der Waals surface area contributed by atoms with Crippen LogP contribution in [0.3, 0.4) is 0 Å². The number of esters is 1. The van der Waals surface area contributed by atoms with E-state index in [2.05, 4.69) is 10.1 Å². The Bertz CT molecular complexity index is 150. The second-order valence-corrected chi connectivity index (χ2v) is 3.01. The Kier molecular flexibility index (Phi) is 6.54. The Morgan fingerprint density at radius 3 is 2.46 bits per heavy atom. The highest BCUT2D eigenvalue weighted by Gasteiger charge is 2.18. The van der Waals surface area contributed by atoms with E-state index in [-0.39, 0.29) is 18.1 Å². The van der Waals surface area contributed by atoms with Gasteiger partial charge in [-0.05, 0) is 13.3 Å². The highest BCUT2D eigenvalue weighted by atomic mass is 16.5. The van der Waals surface area contributed by atoms with E-state index in [1.54, 1.807) is 7.11 Å². The Morgan fingerprint density at radius 2 is 2.08 bits per heavy atom. The lowest BCUT2D eigenvalue weighted by Crippen LogP contribution is -2.44. The summed E-state index contributed by atoms with van der Waals surface area (Å²) in [4.78, 5) is 11.2. The lowest BCUT2D eigenvalue weighted by Gasteiger charge is -2.19. The van der Waals surface area contributed by atoms with Gasteiger partial charge in [0.05, 0.1) is 13.7 Å². The zero-order valence-electron chi connectivity index (χ0n) is 8.79. The molecular weight excluding hydrogens is 170 g/mol. The first-order valence-corrected chi connectivity index (χ1v) is 4.48. The molecule has 0 amide bonds. The summed E-state index contributed by atoms with van der Waals surface area (Å²) < 4.78 is 9.59. The van der Waals surface area contributed by atoms with Crippen molar-refractivity contribution < 1.29 is 14.3 Å². The summed E-state index contributed by atoms with van der Waals surface area (Å²) in [5.41, 5.74) is 0. The van der Waals surface area contributed by atoms with Crippen molar-refractivity contribution in [2.75, 3.05) is 20.8 Å². The van der Waals surface area contributed by atoms with E-state index < -0.39 is 0 Å². The maximum Gasteiger partial charge on any atom is 0.322 e. The average molecular weight is 189 g/mol. The third-order valence-electron chi connectivity index (χ3n) is 1.80. The summed E-state index contributed by atoms with van der Waals surface area (Å²) in [6.45, 7) is 4.50. The minimum absolute atomic E-state index is 0.161. The van der Waals surface area contributed by atoms with E-state index in [9.17, 15) is 4.79 Å². The zero-order valence-corrected chi connectivity index (χ0v) is 8.79. The van der Waals surface area contributed by atoms with Crippen molar-refractivity contribution >= 4 is 5.97 Å². The normalized spacial score (nSPS) is 15.1. The molecule has 0 spiro atoms. The van der Waals surface area contributed by atoms with Gasteiger partial charge in [-0.1, -0.05) is 6.92 Å². The Balaban J connectivity index is 3.89. The fraction of sp³-hybridized carbons (Fsp3) is 0.889. The minimum atomic E-state index is -0.227. The third kappa shape index (κ3) is 4.85. The van der Waals surface area contributed by atoms with E-state index in [4.69, 9.17) is 4.74 Å². The van der Waals surface area contributed by atoms with Crippen LogP contribution in [-0.4, -0.2) is 38.9 Å². The largest absolute Gasteiger partial charge is 0.468 e. The van der Waals surface area contributed by atoms with Crippen LogP contribution in [-0.2, 0) is 14.3 Å². The van der Waals surface area contributed by atoms with Gasteiger partial charge in [0, 0.05) is 13.2 Å². The van der Waals surface area contributed by atoms with Gasteiger partial charge in [0.25, 0.3) is 0 Å². The summed E-state index contributed by atoms with van der Waals surface area (Å²) in [5, 5.41) is 3.12. The van der Waals surface area contributed by atoms with Gasteiger partial charge in [-0.3, -0.25) is 10.1 Å². The molecule has 0 aromatic carbocycles. The second kappa shape index (κ2) is 6.86. The fourth-order valence-corrected chi connectivity index (χ4v) is 1.14. The van der Waals surface area contributed by atoms with Crippen molar-refractivity contribution in [2.24, 2.45) is 0 Å². The molecule has 0 bridgehead atoms. The predicted molar refractivity (Wildman–Crippen MR) is 50.6 cm³/mol. The first-order chi connectivity index (χ1) is 6.15. The number of hydrogen-bond acceptors (Lipinski definition) is 4. The van der Waals surface area contributed by atoms with Crippen molar-refractivity contribution in [3.05, 3.63) is 0 Å². The van der Waals surface area contributed by atoms with Crippen molar-refractivity contribution in [1.29, 1.82) is 0 Å². The van der Waals surface area contributed by atoms with Crippen molar-refractivity contribution in [3.63, 3.8) is 0 Å². The summed E-state index contributed by atoms with van der Waals surface area (Å²) in [5.74, 6) is -0.217. The summed E-state index contributed by atoms with van der Waals surface area (Å²) in [6, 6.07) is -0.0656. The molecule has 0 aromatic rings. The van der Waals surface area contributed by atoms with Crippen molar-refractivity contribution in [2.45, 2.75) is 32.4 Å². The van der Waals surface area contributed by atoms with Gasteiger partial charge in [0.15, 0.2) is 0 Å². The van der Waals surface area contributed by atoms with Gasteiger partial charge in [-0.15, -0.1) is 0 Å². The second-order valence-electron chi connectivity index (χ2n) is 3.01. The molecule has 2 atom stereocenters. The molecule has 4 heteroatoms. The van der Waals surface area contributed by atoms with Crippen LogP contribution in [0.25, 0.3) is 0 Å². The van der Waals surface area contributed by atoms with Crippen LogP contribution >= 0.6 is 0 Å². The molecule has 0 rings (SSSR count). The molecule has 13 heavy (non-hydrogen) atoms. The molecule has 0 aromatic heterocycles. The molecule has 0 fully saturated rings. The molecular formula is C9H19NO3. The van der Waals surface area contributed by atoms with E-state index in [1.165, 1.54) is 7.11 Å². The van der Waals surface area contributed by atoms with Crippen molar-refractivity contribution in [3.8, 4) is 0 Å². The van der Waals surface area contributed by atoms with E-state index in [0.717, 1.165) is 6.42 Å². The third-order valence-corrected chi connectivity index (χ3v) is 1.80. The summed E-state index contributed by atoms with van der Waals surface area (Å²) >= 11 is 0. The SMILES string of the molecule is CCC(NC(C)COC)C(=O)OC. The van der Waals surface area contributed by atoms with Crippen LogP contribution in [0.5, 0.6) is 0 Å². The Labute approximate surface area is 79.6 Å². The number of carbonyl (C=O) groups excluding carboxylic acids is 1. The molecule has 0 radical (unpaired) electrons. The molecule has 4 nitrogen and oxygen atoms in total. The van der Waals surface area contributed by atoms with Gasteiger partial charge >= 0.3 is 5.97 Å². The topological polar surface area (TPSA) is 47.6 Å². The average Bonchev–Trinajstić information content (AvgIpc) is 2.13. The summed E-state index contributed by atoms with van der Waals surface area (Å²) in [7, 11) is 3.03. The Hall–Kier alpha value is -0.610. The summed E-state index contributed by atoms with van der Waals surface area (Å²) in [6.07, 6.45) is 0.723. The van der Waals surface area contributed by atoms with Gasteiger partial charge < -0.3 is 9.47 Å². The number of rotatable bonds is 6. The Morgan fingerprint density at radius 1 is 1.46 bits per heavy atom. The lowest BCUT2D eigenvalue weighted by atomic mass is 10.2. The number of nitrogens with one attached hydrogen (secondary N) is 1. The molecule has 0 aliphatic carbocycles. The van der Waals surface area contributed by atoms with Crippen LogP contribution in [0.2, 0.25) is 0 Å². The van der Waals surface area contributed by atoms with Crippen LogP contribution in [0, 0.1) is 0 Å². The number of ether oxygens (including phenoxy) is 2. The molecule has 0 aliphatic rings. The highest BCUT2D eigenvalue weighted by molar-refractivity contribution is 5.75. The molecule has 0 aliphatic heterocycles. The molecule has 1 N–H and O–H groups in total. The fourth-order valence-electron chi connectivity index (χ4n) is 1.14. The van der Waals surface area contributed by atoms with Gasteiger partial charge in [-0.25, -0.2) is 0 Å². The molecule has 2 unspecified atom stereocenters. The quantitative estimate of drug-likeness (QED) is 0.620. The molecule has 0 heterocycles. The number of hydrogen-bond donors (Lipinski definition) is 1. The monoisotopic (exact) mass is 189 g/mol. The van der Waals surface area contributed by atoms with Crippen molar-refractivity contribution in [1.82, 2.24) is 5.32 Å². The van der Waals surface area contributed by atoms with Crippen LogP contribution < -0.4 is 5.32 Å². The highest BCUT2D eigenvalue weighted by Crippen LogP contribution is 1.96. The molecule has 0 saturated heterocycles. The smallest absolute Gasteiger partial charge is 0.322 e. The molecule has 78 valence electrons. The lowest BCUT2D eigenvalue weighted by molar-refractivity contribution is -0.143. The first kappa shape index (κ1) is 12.4. The van der Waals surface area contributed by atoms with Gasteiger partial charge in [0.1, 0.15) is 6.04 Å². The van der Waals surface area contributed by atoms with Crippen LogP contribution in [0.4, 0.5) is 0 Å². The van der Waals surface area contributed by atoms with E-state index in [1.807, 2.05) is 13.8 Å². The minimum Gasteiger partial charge on any atom is -0.468 e.